The van der Waals surface area contributed by atoms with Gasteiger partial charge >= 0.3 is 12.1 Å². The maximum atomic E-state index is 12.9. The zero-order valence-electron chi connectivity index (χ0n) is 19.8. The summed E-state index contributed by atoms with van der Waals surface area (Å²) in [7, 11) is 0. The van der Waals surface area contributed by atoms with Gasteiger partial charge < -0.3 is 19.5 Å². The van der Waals surface area contributed by atoms with Crippen LogP contribution in [0.2, 0.25) is 0 Å². The number of hydrogen-bond donors (Lipinski definition) is 1. The zero-order chi connectivity index (χ0) is 26.9. The fourth-order valence-corrected chi connectivity index (χ4v) is 4.27. The minimum atomic E-state index is -4.59. The summed E-state index contributed by atoms with van der Waals surface area (Å²) in [5.41, 5.74) is 0.323. The average Bonchev–Trinajstić information content (AvgIpc) is 2.90. The van der Waals surface area contributed by atoms with Crippen LogP contribution in [-0.2, 0) is 33.3 Å². The standard InChI is InChI=1S/C27H21F3N2O6/c28-27(29,30)18-3-1-2-15(11-18)21(33)14-37-26(35)17-10-16-12-19(4-6-22(16)36-13-17)38-23-8-9-31-25-20(23)5-7-24(34)32-25/h1-4,6,8-9,11-12,17H,5,7,10,13-14H2,(H,31,32,34). The Labute approximate surface area is 214 Å². The number of anilines is 1. The molecule has 3 heterocycles. The molecular weight excluding hydrogens is 505 g/mol. The predicted octanol–water partition coefficient (Wildman–Crippen LogP) is 4.75. The molecular formula is C27H21F3N2O6. The van der Waals surface area contributed by atoms with E-state index < -0.39 is 36.0 Å². The molecule has 1 N–H and O–H groups in total. The van der Waals surface area contributed by atoms with Crippen molar-refractivity contribution in [3.8, 4) is 17.2 Å². The van der Waals surface area contributed by atoms with Crippen molar-refractivity contribution < 1.29 is 41.8 Å². The second-order valence-electron chi connectivity index (χ2n) is 8.88. The molecule has 0 aliphatic carbocycles. The van der Waals surface area contributed by atoms with E-state index in [1.165, 1.54) is 12.3 Å². The van der Waals surface area contributed by atoms with Crippen molar-refractivity contribution in [1.82, 2.24) is 4.98 Å². The molecule has 5 rings (SSSR count). The number of carbonyl (C=O) groups is 3. The summed E-state index contributed by atoms with van der Waals surface area (Å²) in [4.78, 5) is 40.8. The van der Waals surface area contributed by atoms with Crippen LogP contribution in [0.25, 0.3) is 0 Å². The fourth-order valence-electron chi connectivity index (χ4n) is 4.27. The van der Waals surface area contributed by atoms with Gasteiger partial charge in [-0.2, -0.15) is 13.2 Å². The molecule has 0 fully saturated rings. The number of aromatic nitrogens is 1. The number of amides is 1. The number of fused-ring (bicyclic) bond motifs is 2. The first-order valence-corrected chi connectivity index (χ1v) is 11.8. The van der Waals surface area contributed by atoms with Gasteiger partial charge in [0.05, 0.1) is 11.5 Å². The van der Waals surface area contributed by atoms with Gasteiger partial charge in [0.15, 0.2) is 12.4 Å². The monoisotopic (exact) mass is 526 g/mol. The smallest absolute Gasteiger partial charge is 0.416 e. The molecule has 0 saturated carbocycles. The number of halogens is 3. The second-order valence-corrected chi connectivity index (χ2v) is 8.88. The van der Waals surface area contributed by atoms with Crippen LogP contribution < -0.4 is 14.8 Å². The van der Waals surface area contributed by atoms with Gasteiger partial charge in [0, 0.05) is 23.7 Å². The maximum absolute atomic E-state index is 12.9. The Morgan fingerprint density at radius 2 is 1.95 bits per heavy atom. The summed E-state index contributed by atoms with van der Waals surface area (Å²) in [6, 6.07) is 10.8. The first kappa shape index (κ1) is 25.2. The molecule has 3 aromatic rings. The third-order valence-corrected chi connectivity index (χ3v) is 6.23. The number of carbonyl (C=O) groups excluding carboxylic acids is 3. The number of esters is 1. The van der Waals surface area contributed by atoms with Gasteiger partial charge in [-0.1, -0.05) is 12.1 Å². The van der Waals surface area contributed by atoms with E-state index in [0.29, 0.717) is 41.5 Å². The minimum Gasteiger partial charge on any atom is -0.492 e. The summed E-state index contributed by atoms with van der Waals surface area (Å²) >= 11 is 0. The Bertz CT molecular complexity index is 1420. The summed E-state index contributed by atoms with van der Waals surface area (Å²) in [5, 5.41) is 2.72. The topological polar surface area (TPSA) is 104 Å². The van der Waals surface area contributed by atoms with E-state index >= 15 is 0 Å². The van der Waals surface area contributed by atoms with Crippen molar-refractivity contribution >= 4 is 23.5 Å². The number of ketones is 1. The summed E-state index contributed by atoms with van der Waals surface area (Å²) in [6.07, 6.45) is -1.98. The van der Waals surface area contributed by atoms with E-state index in [4.69, 9.17) is 14.2 Å². The van der Waals surface area contributed by atoms with E-state index in [-0.39, 0.29) is 24.5 Å². The molecule has 2 aromatic carbocycles. The average molecular weight is 526 g/mol. The lowest BCUT2D eigenvalue weighted by molar-refractivity contribution is -0.148. The number of ether oxygens (including phenoxy) is 3. The third kappa shape index (κ3) is 5.46. The van der Waals surface area contributed by atoms with Crippen LogP contribution in [0.15, 0.2) is 54.7 Å². The van der Waals surface area contributed by atoms with Gasteiger partial charge in [-0.05, 0) is 54.8 Å². The van der Waals surface area contributed by atoms with Crippen molar-refractivity contribution in [1.29, 1.82) is 0 Å². The Kier molecular flexibility index (Phi) is 6.75. The number of hydrogen-bond acceptors (Lipinski definition) is 7. The number of rotatable bonds is 6. The first-order chi connectivity index (χ1) is 18.2. The Hall–Kier alpha value is -4.41. The van der Waals surface area contributed by atoms with E-state index in [9.17, 15) is 27.6 Å². The summed E-state index contributed by atoms with van der Waals surface area (Å²) in [5.74, 6) is -0.177. The van der Waals surface area contributed by atoms with Crippen LogP contribution in [0.4, 0.5) is 19.0 Å². The molecule has 196 valence electrons. The Morgan fingerprint density at radius 3 is 2.76 bits per heavy atom. The van der Waals surface area contributed by atoms with E-state index in [1.807, 2.05) is 0 Å². The molecule has 38 heavy (non-hydrogen) atoms. The van der Waals surface area contributed by atoms with Crippen molar-refractivity contribution in [2.75, 3.05) is 18.5 Å². The molecule has 1 unspecified atom stereocenters. The number of nitrogens with zero attached hydrogens (tertiary/aromatic N) is 1. The molecule has 11 heteroatoms. The normalized spacial score (nSPS) is 16.4. The van der Waals surface area contributed by atoms with Gasteiger partial charge in [0.1, 0.15) is 29.7 Å². The second kappa shape index (κ2) is 10.2. The lowest BCUT2D eigenvalue weighted by atomic mass is 9.96. The van der Waals surface area contributed by atoms with Gasteiger partial charge in [-0.3, -0.25) is 14.4 Å². The predicted molar refractivity (Wildman–Crippen MR) is 127 cm³/mol. The molecule has 8 nitrogen and oxygen atoms in total. The van der Waals surface area contributed by atoms with Crippen LogP contribution in [0.1, 0.15) is 33.5 Å². The Balaban J connectivity index is 1.22. The van der Waals surface area contributed by atoms with Gasteiger partial charge in [-0.25, -0.2) is 4.98 Å². The summed E-state index contributed by atoms with van der Waals surface area (Å²) in [6.45, 7) is -0.655. The van der Waals surface area contributed by atoms with Gasteiger partial charge in [0.2, 0.25) is 5.91 Å². The lowest BCUT2D eigenvalue weighted by Crippen LogP contribution is -2.31. The quantitative estimate of drug-likeness (QED) is 0.365. The van der Waals surface area contributed by atoms with Crippen LogP contribution in [0, 0.1) is 5.92 Å². The number of benzene rings is 2. The molecule has 0 bridgehead atoms. The summed E-state index contributed by atoms with van der Waals surface area (Å²) < 4.78 is 55.6. The molecule has 1 amide bonds. The highest BCUT2D eigenvalue weighted by molar-refractivity contribution is 5.98. The van der Waals surface area contributed by atoms with E-state index in [2.05, 4.69) is 10.3 Å². The third-order valence-electron chi connectivity index (χ3n) is 6.23. The number of Topliss-reactive ketones (excluding diaryl/α,β-unsaturated/α-hetero) is 1. The number of pyridine rings is 1. The van der Waals surface area contributed by atoms with Crippen molar-refractivity contribution in [2.24, 2.45) is 5.92 Å². The van der Waals surface area contributed by atoms with Crippen molar-refractivity contribution in [2.45, 2.75) is 25.4 Å². The highest BCUT2D eigenvalue weighted by Gasteiger charge is 2.32. The highest BCUT2D eigenvalue weighted by Crippen LogP contribution is 2.36. The Morgan fingerprint density at radius 1 is 1.11 bits per heavy atom. The maximum Gasteiger partial charge on any atom is 0.416 e. The molecule has 0 radical (unpaired) electrons. The van der Waals surface area contributed by atoms with Crippen molar-refractivity contribution in [3.05, 3.63) is 77.0 Å². The molecule has 2 aliphatic heterocycles. The van der Waals surface area contributed by atoms with Crippen LogP contribution in [0.3, 0.4) is 0 Å². The molecule has 2 aliphatic rings. The molecule has 1 aromatic heterocycles. The minimum absolute atomic E-state index is 0.0291. The van der Waals surface area contributed by atoms with Crippen LogP contribution >= 0.6 is 0 Å². The fraction of sp³-hybridized carbons (Fsp3) is 0.259. The lowest BCUT2D eigenvalue weighted by Gasteiger charge is -2.25. The van der Waals surface area contributed by atoms with Gasteiger partial charge in [0.25, 0.3) is 0 Å². The molecule has 0 spiro atoms. The van der Waals surface area contributed by atoms with Gasteiger partial charge in [-0.15, -0.1) is 0 Å². The number of alkyl halides is 3. The van der Waals surface area contributed by atoms with Crippen molar-refractivity contribution in [3.63, 3.8) is 0 Å². The SMILES string of the molecule is O=C1CCc2c(Oc3ccc4c(c3)CC(C(=O)OCC(=O)c3cccc(C(F)(F)F)c3)CO4)ccnc2N1. The van der Waals surface area contributed by atoms with Crippen LogP contribution in [-0.4, -0.2) is 35.9 Å². The van der Waals surface area contributed by atoms with E-state index in [1.54, 1.807) is 24.3 Å². The zero-order valence-corrected chi connectivity index (χ0v) is 19.8. The largest absolute Gasteiger partial charge is 0.492 e. The first-order valence-electron chi connectivity index (χ1n) is 11.8. The number of nitrogens with one attached hydrogen (secondary N) is 1. The van der Waals surface area contributed by atoms with E-state index in [0.717, 1.165) is 23.8 Å². The molecule has 0 saturated heterocycles. The highest BCUT2D eigenvalue weighted by atomic mass is 19.4. The molecule has 1 atom stereocenters. The van der Waals surface area contributed by atoms with Crippen LogP contribution in [0.5, 0.6) is 17.2 Å².